The Balaban J connectivity index is -0.000000115. The van der Waals surface area contributed by atoms with Crippen LogP contribution in [0.1, 0.15) is 20.8 Å². The molecule has 0 amide bonds. The highest BCUT2D eigenvalue weighted by Gasteiger charge is 1.81. The van der Waals surface area contributed by atoms with Gasteiger partial charge in [-0.3, -0.25) is 9.59 Å². The van der Waals surface area contributed by atoms with E-state index in [0.717, 1.165) is 0 Å². The molecule has 0 heterocycles. The molecule has 70 valence electrons. The van der Waals surface area contributed by atoms with Crippen molar-refractivity contribution in [3.8, 4) is 6.07 Å². The number of hydrogen-bond donors (Lipinski definition) is 1. The van der Waals surface area contributed by atoms with Gasteiger partial charge >= 0.3 is 5.97 Å². The fourth-order valence-corrected chi connectivity index (χ4v) is 0.203. The Morgan fingerprint density at radius 1 is 1.75 bits per heavy atom. The van der Waals surface area contributed by atoms with E-state index < -0.39 is 0 Å². The number of esters is 1. The molecule has 5 nitrogen and oxygen atoms in total. The standard InChI is InChI=1S/C4H8O2.C2H3N.CH2O2/c1-3-6-4(2)5;1-2-3;2-1-3/h3H2,1-2H3;1H3;1H,(H,2,3). The smallest absolute Gasteiger partial charge is 0.302 e. The molecule has 0 aliphatic rings. The Labute approximate surface area is 71.6 Å². The Hall–Kier alpha value is -1.57. The lowest BCUT2D eigenvalue weighted by molar-refractivity contribution is -0.140. The van der Waals surface area contributed by atoms with Crippen molar-refractivity contribution in [3.05, 3.63) is 0 Å². The van der Waals surface area contributed by atoms with Gasteiger partial charge in [0.1, 0.15) is 0 Å². The summed E-state index contributed by atoms with van der Waals surface area (Å²) in [5.74, 6) is -0.211. The van der Waals surface area contributed by atoms with Crippen LogP contribution in [0.3, 0.4) is 0 Å². The second-order valence-electron chi connectivity index (χ2n) is 1.25. The summed E-state index contributed by atoms with van der Waals surface area (Å²) in [7, 11) is 0. The summed E-state index contributed by atoms with van der Waals surface area (Å²) >= 11 is 0. The third-order valence-corrected chi connectivity index (χ3v) is 0.348. The SMILES string of the molecule is CC#N.CCOC(C)=O.O=CO. The zero-order chi connectivity index (χ0) is 10.4. The Kier molecular flexibility index (Phi) is 31.8. The second kappa shape index (κ2) is 22.7. The van der Waals surface area contributed by atoms with Crippen LogP contribution in [0.2, 0.25) is 0 Å². The minimum atomic E-state index is -0.250. The molecule has 0 aliphatic heterocycles. The molecular weight excluding hydrogens is 162 g/mol. The number of carbonyl (C=O) groups excluding carboxylic acids is 1. The highest BCUT2D eigenvalue weighted by atomic mass is 16.5. The number of carbonyl (C=O) groups is 2. The summed E-state index contributed by atoms with van der Waals surface area (Å²) in [6.07, 6.45) is 0. The van der Waals surface area contributed by atoms with Gasteiger partial charge in [-0.05, 0) is 6.92 Å². The molecule has 0 bridgehead atoms. The fourth-order valence-electron chi connectivity index (χ4n) is 0.203. The van der Waals surface area contributed by atoms with Crippen molar-refractivity contribution in [3.63, 3.8) is 0 Å². The lowest BCUT2D eigenvalue weighted by atomic mass is 10.8. The van der Waals surface area contributed by atoms with E-state index in [1.165, 1.54) is 13.8 Å². The van der Waals surface area contributed by atoms with Gasteiger partial charge in [0, 0.05) is 13.8 Å². The number of ether oxygens (including phenoxy) is 1. The summed E-state index contributed by atoms with van der Waals surface area (Å²) in [5.41, 5.74) is 0. The van der Waals surface area contributed by atoms with Crippen molar-refractivity contribution in [1.82, 2.24) is 0 Å². The molecular formula is C7H13NO4. The summed E-state index contributed by atoms with van der Waals surface area (Å²) < 4.78 is 4.40. The minimum absolute atomic E-state index is 0.211. The zero-order valence-corrected chi connectivity index (χ0v) is 7.40. The fraction of sp³-hybridized carbons (Fsp3) is 0.571. The van der Waals surface area contributed by atoms with Crippen molar-refractivity contribution in [2.75, 3.05) is 6.61 Å². The molecule has 1 N–H and O–H groups in total. The Morgan fingerprint density at radius 2 is 2.00 bits per heavy atom. The molecule has 0 aromatic carbocycles. The lowest BCUT2D eigenvalue weighted by Crippen LogP contribution is -1.95. The molecule has 0 saturated carbocycles. The van der Waals surface area contributed by atoms with Gasteiger partial charge in [0.25, 0.3) is 6.47 Å². The number of carboxylic acid groups (broad SMARTS) is 1. The Bertz CT molecular complexity index is 139. The summed E-state index contributed by atoms with van der Waals surface area (Å²) in [5, 5.41) is 14.2. The van der Waals surface area contributed by atoms with Gasteiger partial charge in [-0.2, -0.15) is 5.26 Å². The maximum Gasteiger partial charge on any atom is 0.302 e. The quantitative estimate of drug-likeness (QED) is 0.470. The summed E-state index contributed by atoms with van der Waals surface area (Å²) in [6.45, 7) is 4.83. The first kappa shape index (κ1) is 16.8. The van der Waals surface area contributed by atoms with Gasteiger partial charge in [-0.1, -0.05) is 0 Å². The van der Waals surface area contributed by atoms with Crippen LogP contribution in [0.25, 0.3) is 0 Å². The van der Waals surface area contributed by atoms with Gasteiger partial charge in [0.05, 0.1) is 12.7 Å². The summed E-state index contributed by atoms with van der Waals surface area (Å²) in [6, 6.07) is 1.75. The topological polar surface area (TPSA) is 87.4 Å². The van der Waals surface area contributed by atoms with Gasteiger partial charge in [-0.15, -0.1) is 0 Å². The van der Waals surface area contributed by atoms with Gasteiger partial charge < -0.3 is 9.84 Å². The van der Waals surface area contributed by atoms with Gasteiger partial charge in [0.2, 0.25) is 0 Å². The first-order valence-electron chi connectivity index (χ1n) is 3.12. The summed E-state index contributed by atoms with van der Waals surface area (Å²) in [4.78, 5) is 18.2. The monoisotopic (exact) mass is 175 g/mol. The van der Waals surface area contributed by atoms with Crippen LogP contribution >= 0.6 is 0 Å². The van der Waals surface area contributed by atoms with Crippen LogP contribution in [0, 0.1) is 11.3 Å². The van der Waals surface area contributed by atoms with Crippen LogP contribution in [-0.4, -0.2) is 24.2 Å². The van der Waals surface area contributed by atoms with E-state index in [1.54, 1.807) is 13.0 Å². The molecule has 0 aromatic rings. The van der Waals surface area contributed by atoms with Crippen molar-refractivity contribution >= 4 is 12.4 Å². The van der Waals surface area contributed by atoms with E-state index in [1.807, 2.05) is 0 Å². The molecule has 0 aliphatic carbocycles. The van der Waals surface area contributed by atoms with E-state index in [2.05, 4.69) is 4.74 Å². The van der Waals surface area contributed by atoms with Gasteiger partial charge in [-0.25, -0.2) is 0 Å². The van der Waals surface area contributed by atoms with Crippen molar-refractivity contribution < 1.29 is 19.4 Å². The average molecular weight is 175 g/mol. The molecule has 0 unspecified atom stereocenters. The number of nitrogens with zero attached hydrogens (tertiary/aromatic N) is 1. The van der Waals surface area contributed by atoms with Crippen LogP contribution in [0.4, 0.5) is 0 Å². The highest BCUT2D eigenvalue weighted by Crippen LogP contribution is 1.69. The van der Waals surface area contributed by atoms with E-state index in [4.69, 9.17) is 15.2 Å². The van der Waals surface area contributed by atoms with E-state index >= 15 is 0 Å². The van der Waals surface area contributed by atoms with E-state index in [9.17, 15) is 4.79 Å². The van der Waals surface area contributed by atoms with Crippen LogP contribution in [-0.2, 0) is 14.3 Å². The molecule has 0 atom stereocenters. The number of nitriles is 1. The van der Waals surface area contributed by atoms with Crippen LogP contribution < -0.4 is 0 Å². The number of rotatable bonds is 1. The zero-order valence-electron chi connectivity index (χ0n) is 7.40. The van der Waals surface area contributed by atoms with Crippen molar-refractivity contribution in [1.29, 1.82) is 5.26 Å². The largest absolute Gasteiger partial charge is 0.483 e. The van der Waals surface area contributed by atoms with E-state index in [-0.39, 0.29) is 12.4 Å². The molecule has 0 saturated heterocycles. The van der Waals surface area contributed by atoms with Gasteiger partial charge in [0.15, 0.2) is 0 Å². The number of hydrogen-bond acceptors (Lipinski definition) is 4. The Morgan fingerprint density at radius 3 is 2.00 bits per heavy atom. The molecule has 0 radical (unpaired) electrons. The maximum atomic E-state index is 9.82. The molecule has 0 spiro atoms. The molecule has 12 heavy (non-hydrogen) atoms. The second-order valence-corrected chi connectivity index (χ2v) is 1.25. The molecule has 0 fully saturated rings. The third kappa shape index (κ3) is 228. The van der Waals surface area contributed by atoms with Crippen molar-refractivity contribution in [2.45, 2.75) is 20.8 Å². The van der Waals surface area contributed by atoms with Crippen LogP contribution in [0.5, 0.6) is 0 Å². The predicted octanol–water partition coefficient (Wildman–Crippen LogP) is 0.800. The predicted molar refractivity (Wildman–Crippen MR) is 42.3 cm³/mol. The van der Waals surface area contributed by atoms with Crippen LogP contribution in [0.15, 0.2) is 0 Å². The van der Waals surface area contributed by atoms with E-state index in [0.29, 0.717) is 6.61 Å². The molecule has 0 aromatic heterocycles. The highest BCUT2D eigenvalue weighted by molar-refractivity contribution is 5.65. The lowest BCUT2D eigenvalue weighted by Gasteiger charge is -1.89. The minimum Gasteiger partial charge on any atom is -0.483 e. The molecule has 0 rings (SSSR count). The molecule has 5 heteroatoms. The average Bonchev–Trinajstić information content (AvgIpc) is 1.89. The first-order chi connectivity index (χ1) is 5.60. The first-order valence-corrected chi connectivity index (χ1v) is 3.12. The third-order valence-electron chi connectivity index (χ3n) is 0.348. The normalized spacial score (nSPS) is 5.50. The maximum absolute atomic E-state index is 9.82. The van der Waals surface area contributed by atoms with Crippen molar-refractivity contribution in [2.24, 2.45) is 0 Å².